The molecule has 22 heavy (non-hydrogen) atoms. The van der Waals surface area contributed by atoms with Gasteiger partial charge in [-0.05, 0) is 33.6 Å². The van der Waals surface area contributed by atoms with E-state index in [4.69, 9.17) is 4.74 Å². The van der Waals surface area contributed by atoms with E-state index in [1.54, 1.807) is 25.3 Å². The zero-order valence-electron chi connectivity index (χ0n) is 12.8. The molecule has 0 aliphatic carbocycles. The minimum absolute atomic E-state index is 0.0265. The number of halogens is 2. The molecule has 1 amide bonds. The molecule has 1 aromatic rings. The zero-order chi connectivity index (χ0) is 16.5. The van der Waals surface area contributed by atoms with E-state index in [1.165, 1.54) is 0 Å². The third-order valence-electron chi connectivity index (χ3n) is 3.11. The van der Waals surface area contributed by atoms with Crippen LogP contribution >= 0.6 is 0 Å². The summed E-state index contributed by atoms with van der Waals surface area (Å²) < 4.78 is 31.8. The predicted octanol–water partition coefficient (Wildman–Crippen LogP) is 2.38. The van der Waals surface area contributed by atoms with Gasteiger partial charge in [-0.25, -0.2) is 9.78 Å². The van der Waals surface area contributed by atoms with Crippen LogP contribution in [0.15, 0.2) is 0 Å². The molecule has 1 aliphatic heterocycles. The Bertz CT molecular complexity index is 591. The standard InChI is InChI=1S/C14H19F2N3O3/c1-14(2,3)22-13(21)9-11(18-12(20)10(15)16)17-8-6-4-5-7-19(8)9/h10H,4-7H2,1-3H3,(H,18,20). The molecule has 0 radical (unpaired) electrons. The highest BCUT2D eigenvalue weighted by Gasteiger charge is 2.30. The summed E-state index contributed by atoms with van der Waals surface area (Å²) in [5, 5.41) is 2.01. The number of aromatic nitrogens is 2. The maximum Gasteiger partial charge on any atom is 0.359 e. The van der Waals surface area contributed by atoms with Crippen LogP contribution in [0.25, 0.3) is 0 Å². The second-order valence-electron chi connectivity index (χ2n) is 6.13. The fraction of sp³-hybridized carbons (Fsp3) is 0.643. The lowest BCUT2D eigenvalue weighted by Gasteiger charge is -2.21. The molecule has 8 heteroatoms. The maximum atomic E-state index is 12.4. The van der Waals surface area contributed by atoms with Gasteiger partial charge in [0.15, 0.2) is 11.5 Å². The molecule has 1 aromatic heterocycles. The molecule has 2 heterocycles. The number of amides is 1. The predicted molar refractivity (Wildman–Crippen MR) is 75.0 cm³/mol. The number of alkyl halides is 2. The largest absolute Gasteiger partial charge is 0.455 e. The quantitative estimate of drug-likeness (QED) is 0.869. The van der Waals surface area contributed by atoms with Gasteiger partial charge in [-0.1, -0.05) is 0 Å². The van der Waals surface area contributed by atoms with Gasteiger partial charge < -0.3 is 14.6 Å². The Balaban J connectivity index is 2.38. The molecular formula is C14H19F2N3O3. The Morgan fingerprint density at radius 2 is 2.00 bits per heavy atom. The number of aryl methyl sites for hydroxylation is 1. The Morgan fingerprint density at radius 3 is 2.59 bits per heavy atom. The number of esters is 1. The van der Waals surface area contributed by atoms with Gasteiger partial charge in [-0.3, -0.25) is 4.79 Å². The summed E-state index contributed by atoms with van der Waals surface area (Å²) in [6.45, 7) is 5.66. The SMILES string of the molecule is CC(C)(C)OC(=O)c1c(NC(=O)C(F)F)nc2n1CCCC2. The maximum absolute atomic E-state index is 12.4. The van der Waals surface area contributed by atoms with E-state index in [1.807, 2.05) is 5.32 Å². The normalized spacial score (nSPS) is 14.6. The van der Waals surface area contributed by atoms with E-state index in [0.717, 1.165) is 12.8 Å². The van der Waals surface area contributed by atoms with Crippen LogP contribution in [0.3, 0.4) is 0 Å². The third kappa shape index (κ3) is 3.61. The Hall–Kier alpha value is -1.99. The van der Waals surface area contributed by atoms with Crippen molar-refractivity contribution in [3.8, 4) is 0 Å². The van der Waals surface area contributed by atoms with Crippen LogP contribution in [0.5, 0.6) is 0 Å². The molecule has 0 saturated carbocycles. The van der Waals surface area contributed by atoms with Gasteiger partial charge in [0, 0.05) is 13.0 Å². The van der Waals surface area contributed by atoms with Crippen LogP contribution < -0.4 is 5.32 Å². The van der Waals surface area contributed by atoms with E-state index < -0.39 is 23.9 Å². The first-order valence-corrected chi connectivity index (χ1v) is 7.11. The number of imidazole rings is 1. The van der Waals surface area contributed by atoms with Crippen LogP contribution in [0.2, 0.25) is 0 Å². The van der Waals surface area contributed by atoms with Crippen LogP contribution in [0.1, 0.15) is 49.9 Å². The molecule has 0 fully saturated rings. The number of rotatable bonds is 3. The molecule has 0 unspecified atom stereocenters. The number of carbonyl (C=O) groups is 2. The van der Waals surface area contributed by atoms with E-state index in [-0.39, 0.29) is 11.5 Å². The van der Waals surface area contributed by atoms with Gasteiger partial charge in [0.05, 0.1) is 0 Å². The summed E-state index contributed by atoms with van der Waals surface area (Å²) >= 11 is 0. The Morgan fingerprint density at radius 1 is 1.32 bits per heavy atom. The van der Waals surface area contributed by atoms with Gasteiger partial charge >= 0.3 is 12.4 Å². The van der Waals surface area contributed by atoms with Crippen molar-refractivity contribution in [2.24, 2.45) is 0 Å². The molecule has 0 atom stereocenters. The fourth-order valence-corrected chi connectivity index (χ4v) is 2.28. The molecule has 122 valence electrons. The highest BCUT2D eigenvalue weighted by molar-refractivity contribution is 6.00. The van der Waals surface area contributed by atoms with Crippen LogP contribution in [-0.2, 0) is 22.5 Å². The lowest BCUT2D eigenvalue weighted by atomic mass is 10.1. The minimum Gasteiger partial charge on any atom is -0.455 e. The first-order chi connectivity index (χ1) is 10.2. The van der Waals surface area contributed by atoms with Crippen LogP contribution in [0, 0.1) is 0 Å². The number of nitrogens with zero attached hydrogens (tertiary/aromatic N) is 2. The van der Waals surface area contributed by atoms with Gasteiger partial charge in [0.2, 0.25) is 0 Å². The molecule has 1 aliphatic rings. The van der Waals surface area contributed by atoms with Crippen molar-refractivity contribution in [3.05, 3.63) is 11.5 Å². The number of fused-ring (bicyclic) bond motifs is 1. The fourth-order valence-electron chi connectivity index (χ4n) is 2.28. The van der Waals surface area contributed by atoms with E-state index in [9.17, 15) is 18.4 Å². The van der Waals surface area contributed by atoms with Gasteiger partial charge in [-0.2, -0.15) is 8.78 Å². The molecule has 0 saturated heterocycles. The van der Waals surface area contributed by atoms with Gasteiger partial charge in [0.25, 0.3) is 5.91 Å². The van der Waals surface area contributed by atoms with E-state index in [0.29, 0.717) is 18.8 Å². The summed E-state index contributed by atoms with van der Waals surface area (Å²) in [5.41, 5.74) is -0.709. The summed E-state index contributed by atoms with van der Waals surface area (Å²) in [4.78, 5) is 27.7. The number of hydrogen-bond acceptors (Lipinski definition) is 4. The van der Waals surface area contributed by atoms with Crippen molar-refractivity contribution in [1.82, 2.24) is 9.55 Å². The summed E-state index contributed by atoms with van der Waals surface area (Å²) in [7, 11) is 0. The molecular weight excluding hydrogens is 296 g/mol. The van der Waals surface area contributed by atoms with E-state index >= 15 is 0 Å². The zero-order valence-corrected chi connectivity index (χ0v) is 12.8. The lowest BCUT2D eigenvalue weighted by molar-refractivity contribution is -0.126. The van der Waals surface area contributed by atoms with Crippen molar-refractivity contribution in [2.75, 3.05) is 5.32 Å². The highest BCUT2D eigenvalue weighted by Crippen LogP contribution is 2.26. The Labute approximate surface area is 126 Å². The van der Waals surface area contributed by atoms with Crippen molar-refractivity contribution >= 4 is 17.7 Å². The van der Waals surface area contributed by atoms with Crippen LogP contribution in [0.4, 0.5) is 14.6 Å². The summed E-state index contributed by atoms with van der Waals surface area (Å²) in [6, 6.07) is 0. The summed E-state index contributed by atoms with van der Waals surface area (Å²) in [6.07, 6.45) is -0.806. The topological polar surface area (TPSA) is 73.2 Å². The number of nitrogens with one attached hydrogen (secondary N) is 1. The number of carbonyl (C=O) groups excluding carboxylic acids is 2. The minimum atomic E-state index is -3.18. The molecule has 2 rings (SSSR count). The third-order valence-corrected chi connectivity index (χ3v) is 3.11. The number of ether oxygens (including phenoxy) is 1. The average Bonchev–Trinajstić information content (AvgIpc) is 2.74. The molecule has 6 nitrogen and oxygen atoms in total. The monoisotopic (exact) mass is 315 g/mol. The second-order valence-corrected chi connectivity index (χ2v) is 6.13. The van der Waals surface area contributed by atoms with Gasteiger partial charge in [0.1, 0.15) is 11.4 Å². The van der Waals surface area contributed by atoms with Crippen LogP contribution in [-0.4, -0.2) is 33.5 Å². The van der Waals surface area contributed by atoms with Crippen molar-refractivity contribution in [2.45, 2.75) is 58.6 Å². The lowest BCUT2D eigenvalue weighted by Crippen LogP contribution is -2.28. The number of hydrogen-bond donors (Lipinski definition) is 1. The molecule has 0 bridgehead atoms. The average molecular weight is 315 g/mol. The van der Waals surface area contributed by atoms with Crippen molar-refractivity contribution < 1.29 is 23.1 Å². The summed E-state index contributed by atoms with van der Waals surface area (Å²) in [5.74, 6) is -1.73. The molecule has 0 spiro atoms. The van der Waals surface area contributed by atoms with Crippen molar-refractivity contribution in [1.29, 1.82) is 0 Å². The number of anilines is 1. The highest BCUT2D eigenvalue weighted by atomic mass is 19.3. The molecule has 0 aromatic carbocycles. The molecule has 1 N–H and O–H groups in total. The Kier molecular flexibility index (Phi) is 4.48. The second kappa shape index (κ2) is 6.02. The smallest absolute Gasteiger partial charge is 0.359 e. The first kappa shape index (κ1) is 16.4. The first-order valence-electron chi connectivity index (χ1n) is 7.11. The van der Waals surface area contributed by atoms with E-state index in [2.05, 4.69) is 4.98 Å². The van der Waals surface area contributed by atoms with Gasteiger partial charge in [-0.15, -0.1) is 0 Å². The van der Waals surface area contributed by atoms with Crippen molar-refractivity contribution in [3.63, 3.8) is 0 Å².